The number of phenols is 2. The van der Waals surface area contributed by atoms with Crippen molar-refractivity contribution >= 4 is 29.7 Å². The number of ketones is 1. The van der Waals surface area contributed by atoms with Crippen LogP contribution in [-0.2, 0) is 14.3 Å². The molecular weight excluding hydrogens is 704 g/mol. The highest BCUT2D eigenvalue weighted by Crippen LogP contribution is 2.52. The van der Waals surface area contributed by atoms with Crippen molar-refractivity contribution in [2.75, 3.05) is 14.2 Å². The van der Waals surface area contributed by atoms with Crippen molar-refractivity contribution in [2.24, 2.45) is 0 Å². The highest BCUT2D eigenvalue weighted by atomic mass is 16.6. The average Bonchev–Trinajstić information content (AvgIpc) is 3.94. The van der Waals surface area contributed by atoms with Crippen LogP contribution in [0.4, 0.5) is 0 Å². The number of aryl methyl sites for hydroxylation is 1. The Kier molecular flexibility index (Phi) is 10.4. The number of hydrogen-bond acceptors (Lipinski definition) is 13. The number of ether oxygens (including phenoxy) is 5. The number of carboxylic acids is 1. The van der Waals surface area contributed by atoms with Gasteiger partial charge in [-0.25, -0.2) is 19.2 Å². The summed E-state index contributed by atoms with van der Waals surface area (Å²) in [7, 11) is 2.47. The Balaban J connectivity index is 1.47. The summed E-state index contributed by atoms with van der Waals surface area (Å²) in [5.74, 6) is -6.73. The fraction of sp³-hybridized carbons (Fsp3) is 0.325. The lowest BCUT2D eigenvalue weighted by Crippen LogP contribution is -2.47. The molecule has 14 heteroatoms. The van der Waals surface area contributed by atoms with Crippen LogP contribution in [0.15, 0.2) is 35.6 Å². The molecule has 0 heterocycles. The smallest absolute Gasteiger partial charge is 0.356 e. The number of carbonyl (C=O) groups excluding carboxylic acids is 4. The maximum absolute atomic E-state index is 13.8. The number of carbonyl (C=O) groups is 5. The van der Waals surface area contributed by atoms with Crippen LogP contribution < -0.4 is 18.9 Å². The fourth-order valence-electron chi connectivity index (χ4n) is 6.46. The van der Waals surface area contributed by atoms with Crippen molar-refractivity contribution in [1.82, 2.24) is 0 Å². The molecule has 2 aliphatic rings. The van der Waals surface area contributed by atoms with Gasteiger partial charge in [-0.3, -0.25) is 4.79 Å². The van der Waals surface area contributed by atoms with E-state index in [2.05, 4.69) is 0 Å². The van der Waals surface area contributed by atoms with Gasteiger partial charge in [-0.2, -0.15) is 0 Å². The Bertz CT molecular complexity index is 2240. The summed E-state index contributed by atoms with van der Waals surface area (Å²) >= 11 is 0. The Morgan fingerprint density at radius 3 is 1.81 bits per heavy atom. The summed E-state index contributed by atoms with van der Waals surface area (Å²) in [6.45, 7) is 10.5. The maximum atomic E-state index is 13.8. The van der Waals surface area contributed by atoms with Crippen LogP contribution in [0.5, 0.6) is 34.5 Å². The predicted molar refractivity (Wildman–Crippen MR) is 191 cm³/mol. The van der Waals surface area contributed by atoms with E-state index in [4.69, 9.17) is 23.7 Å². The minimum Gasteiger partial charge on any atom is -0.507 e. The van der Waals surface area contributed by atoms with Crippen molar-refractivity contribution in [1.29, 1.82) is 0 Å². The first kappa shape index (κ1) is 39.1. The van der Waals surface area contributed by atoms with Crippen LogP contribution in [0.2, 0.25) is 0 Å². The van der Waals surface area contributed by atoms with E-state index in [-0.39, 0.29) is 79.2 Å². The van der Waals surface area contributed by atoms with Crippen LogP contribution >= 0.6 is 0 Å². The number of phenolic OH excluding ortho intramolecular Hbond substituents is 2. The summed E-state index contributed by atoms with van der Waals surface area (Å²) in [6, 6.07) is 2.61. The lowest BCUT2D eigenvalue weighted by Gasteiger charge is -2.31. The van der Waals surface area contributed by atoms with Gasteiger partial charge < -0.3 is 44.1 Å². The van der Waals surface area contributed by atoms with Gasteiger partial charge in [0, 0.05) is 23.3 Å². The molecule has 0 radical (unpaired) electrons. The number of aromatic hydroxyl groups is 2. The van der Waals surface area contributed by atoms with E-state index in [1.165, 1.54) is 54.0 Å². The SMILES string of the molecule is COC1=CC(=O)C=C(C)[C@]1(O)C(=O)Oc1c(C)c(C)c(C(=O)Oc2cc(C)c(C(=O)Oc3cc(OC)c(C(=O)O)c(C)c3C)c(O)c2C)c(O)c1C1CC1. The third kappa shape index (κ3) is 6.53. The molecule has 284 valence electrons. The zero-order valence-electron chi connectivity index (χ0n) is 31.2. The van der Waals surface area contributed by atoms with Crippen molar-refractivity contribution in [3.8, 4) is 34.5 Å². The maximum Gasteiger partial charge on any atom is 0.356 e. The molecule has 14 nitrogen and oxygen atoms in total. The molecule has 0 bridgehead atoms. The van der Waals surface area contributed by atoms with Gasteiger partial charge in [-0.1, -0.05) is 0 Å². The van der Waals surface area contributed by atoms with Crippen LogP contribution in [-0.4, -0.2) is 69.9 Å². The zero-order chi connectivity index (χ0) is 40.1. The number of methoxy groups -OCH3 is 2. The molecule has 54 heavy (non-hydrogen) atoms. The number of rotatable bonds is 10. The second-order valence-corrected chi connectivity index (χ2v) is 13.4. The van der Waals surface area contributed by atoms with E-state index >= 15 is 0 Å². The molecule has 3 aromatic carbocycles. The Morgan fingerprint density at radius 2 is 1.26 bits per heavy atom. The van der Waals surface area contributed by atoms with E-state index in [1.807, 2.05) is 0 Å². The van der Waals surface area contributed by atoms with Gasteiger partial charge in [0.2, 0.25) is 5.60 Å². The summed E-state index contributed by atoms with van der Waals surface area (Å²) in [4.78, 5) is 64.6. The fourth-order valence-corrected chi connectivity index (χ4v) is 6.46. The molecule has 0 unspecified atom stereocenters. The van der Waals surface area contributed by atoms with E-state index < -0.39 is 46.8 Å². The second-order valence-electron chi connectivity index (χ2n) is 13.4. The molecule has 0 spiro atoms. The highest BCUT2D eigenvalue weighted by molar-refractivity contribution is 6.06. The van der Waals surface area contributed by atoms with Crippen LogP contribution in [0.1, 0.15) is 95.7 Å². The first-order valence-electron chi connectivity index (χ1n) is 16.8. The van der Waals surface area contributed by atoms with E-state index in [1.54, 1.807) is 20.8 Å². The monoisotopic (exact) mass is 744 g/mol. The van der Waals surface area contributed by atoms with Crippen molar-refractivity contribution in [2.45, 2.75) is 72.8 Å². The van der Waals surface area contributed by atoms with Gasteiger partial charge in [0.05, 0.1) is 14.2 Å². The first-order chi connectivity index (χ1) is 25.3. The minimum absolute atomic E-state index is 0.000858. The number of aliphatic hydroxyl groups is 1. The minimum atomic E-state index is -2.43. The zero-order valence-corrected chi connectivity index (χ0v) is 31.2. The van der Waals surface area contributed by atoms with E-state index in [0.717, 1.165) is 12.2 Å². The molecule has 0 aromatic heterocycles. The number of carboxylic acid groups (broad SMARTS) is 1. The molecule has 4 N–H and O–H groups in total. The standard InChI is InChI=1S/C40H40O14/c1-16-12-25(22(7)33(42)29(16)37(46)53-26-15-27(50-8)30(36(44)45)19(4)18(26)3)52-38(47)31-20(5)21(6)35(32(34(31)43)23-10-11-23)54-39(48)40(49)17(2)13-24(41)14-28(40)51-9/h12-15,23,42-43,49H,10-11H2,1-9H3,(H,44,45)/t40-/m1/s1. The lowest BCUT2D eigenvalue weighted by atomic mass is 9.87. The Morgan fingerprint density at radius 1 is 0.685 bits per heavy atom. The van der Waals surface area contributed by atoms with Gasteiger partial charge in [-0.05, 0) is 113 Å². The second kappa shape index (κ2) is 14.3. The quantitative estimate of drug-likeness (QED) is 0.146. The van der Waals surface area contributed by atoms with Crippen LogP contribution in [0.3, 0.4) is 0 Å². The van der Waals surface area contributed by atoms with Gasteiger partial charge in [-0.15, -0.1) is 0 Å². The third-order valence-corrected chi connectivity index (χ3v) is 10.0. The number of esters is 3. The highest BCUT2D eigenvalue weighted by Gasteiger charge is 2.49. The molecule has 2 aliphatic carbocycles. The van der Waals surface area contributed by atoms with Gasteiger partial charge in [0.25, 0.3) is 0 Å². The number of aromatic carboxylic acids is 1. The Labute approximate surface area is 310 Å². The number of allylic oxidation sites excluding steroid dienone is 2. The molecule has 5 rings (SSSR count). The number of hydrogen-bond donors (Lipinski definition) is 4. The normalized spacial score (nSPS) is 16.6. The molecule has 1 fully saturated rings. The molecule has 0 amide bonds. The predicted octanol–water partition coefficient (Wildman–Crippen LogP) is 5.67. The van der Waals surface area contributed by atoms with Crippen LogP contribution in [0, 0.1) is 41.5 Å². The molecule has 1 saturated carbocycles. The van der Waals surface area contributed by atoms with E-state index in [0.29, 0.717) is 29.5 Å². The number of benzene rings is 3. The largest absolute Gasteiger partial charge is 0.507 e. The summed E-state index contributed by atoms with van der Waals surface area (Å²) in [5, 5.41) is 43.8. The molecular formula is C40H40O14. The topological polar surface area (TPSA) is 212 Å². The van der Waals surface area contributed by atoms with Gasteiger partial charge in [0.15, 0.2) is 5.78 Å². The Hall–Kier alpha value is -6.15. The molecule has 1 atom stereocenters. The van der Waals surface area contributed by atoms with Crippen molar-refractivity contribution in [3.05, 3.63) is 91.3 Å². The van der Waals surface area contributed by atoms with Gasteiger partial charge >= 0.3 is 23.9 Å². The molecule has 3 aromatic rings. The third-order valence-electron chi connectivity index (χ3n) is 10.0. The summed E-state index contributed by atoms with van der Waals surface area (Å²) in [5.41, 5.74) is -1.51. The van der Waals surface area contributed by atoms with Crippen molar-refractivity contribution in [3.63, 3.8) is 0 Å². The summed E-state index contributed by atoms with van der Waals surface area (Å²) in [6.07, 6.45) is 3.27. The van der Waals surface area contributed by atoms with Crippen LogP contribution in [0.25, 0.3) is 0 Å². The van der Waals surface area contributed by atoms with Gasteiger partial charge in [0.1, 0.15) is 56.9 Å². The first-order valence-corrected chi connectivity index (χ1v) is 16.8. The molecule has 0 saturated heterocycles. The average molecular weight is 745 g/mol. The van der Waals surface area contributed by atoms with Crippen molar-refractivity contribution < 1.29 is 68.1 Å². The molecule has 0 aliphatic heterocycles. The van der Waals surface area contributed by atoms with E-state index in [9.17, 15) is 44.4 Å². The lowest BCUT2D eigenvalue weighted by molar-refractivity contribution is -0.151. The summed E-state index contributed by atoms with van der Waals surface area (Å²) < 4.78 is 27.4.